The SMILES string of the molecule is O=C1C[C@@H](NC(=O)c2cccc(F)c2)CC2(CCN(c3cccc(F)c3)C2=O)C1. The lowest BCUT2D eigenvalue weighted by atomic mass is 9.70. The van der Waals surface area contributed by atoms with E-state index >= 15 is 0 Å². The van der Waals surface area contributed by atoms with Crippen molar-refractivity contribution in [2.45, 2.75) is 31.7 Å². The van der Waals surface area contributed by atoms with E-state index in [1.54, 1.807) is 6.07 Å². The van der Waals surface area contributed by atoms with Crippen molar-refractivity contribution in [1.29, 1.82) is 0 Å². The van der Waals surface area contributed by atoms with Crippen molar-refractivity contribution < 1.29 is 23.2 Å². The molecule has 150 valence electrons. The van der Waals surface area contributed by atoms with E-state index in [0.29, 0.717) is 25.1 Å². The van der Waals surface area contributed by atoms with Gasteiger partial charge in [0.05, 0.1) is 5.41 Å². The van der Waals surface area contributed by atoms with Crippen LogP contribution in [0.4, 0.5) is 14.5 Å². The average Bonchev–Trinajstić information content (AvgIpc) is 2.96. The van der Waals surface area contributed by atoms with Gasteiger partial charge in [0.25, 0.3) is 5.91 Å². The summed E-state index contributed by atoms with van der Waals surface area (Å²) in [6.45, 7) is 0.389. The van der Waals surface area contributed by atoms with Gasteiger partial charge in [-0.15, -0.1) is 0 Å². The number of benzene rings is 2. The molecule has 0 radical (unpaired) electrons. The van der Waals surface area contributed by atoms with Crippen LogP contribution in [0, 0.1) is 17.0 Å². The van der Waals surface area contributed by atoms with Crippen LogP contribution in [0.15, 0.2) is 48.5 Å². The molecular weight excluding hydrogens is 378 g/mol. The van der Waals surface area contributed by atoms with Crippen LogP contribution in [-0.2, 0) is 9.59 Å². The van der Waals surface area contributed by atoms with E-state index < -0.39 is 29.0 Å². The fraction of sp³-hybridized carbons (Fsp3) is 0.318. The predicted molar refractivity (Wildman–Crippen MR) is 102 cm³/mol. The molecule has 2 aliphatic rings. The molecule has 1 heterocycles. The van der Waals surface area contributed by atoms with Gasteiger partial charge in [-0.2, -0.15) is 0 Å². The number of ketones is 1. The van der Waals surface area contributed by atoms with Crippen LogP contribution in [0.3, 0.4) is 0 Å². The number of anilines is 1. The Bertz CT molecular complexity index is 994. The smallest absolute Gasteiger partial charge is 0.251 e. The van der Waals surface area contributed by atoms with E-state index in [-0.39, 0.29) is 30.1 Å². The highest BCUT2D eigenvalue weighted by Crippen LogP contribution is 2.45. The summed E-state index contributed by atoms with van der Waals surface area (Å²) in [5.74, 6) is -1.76. The number of hydrogen-bond donors (Lipinski definition) is 1. The van der Waals surface area contributed by atoms with E-state index in [0.717, 1.165) is 6.07 Å². The lowest BCUT2D eigenvalue weighted by Crippen LogP contribution is -2.48. The number of carbonyl (C=O) groups excluding carboxylic acids is 3. The molecule has 4 rings (SSSR count). The molecule has 1 spiro atoms. The van der Waals surface area contributed by atoms with Gasteiger partial charge in [0.1, 0.15) is 17.4 Å². The van der Waals surface area contributed by atoms with Crippen LogP contribution in [0.25, 0.3) is 0 Å². The van der Waals surface area contributed by atoms with Crippen LogP contribution >= 0.6 is 0 Å². The molecule has 5 nitrogen and oxygen atoms in total. The zero-order valence-electron chi connectivity index (χ0n) is 15.7. The number of carbonyl (C=O) groups is 3. The van der Waals surface area contributed by atoms with E-state index in [1.165, 1.54) is 41.3 Å². The Labute approximate surface area is 166 Å². The topological polar surface area (TPSA) is 66.5 Å². The Morgan fingerprint density at radius 2 is 1.79 bits per heavy atom. The van der Waals surface area contributed by atoms with E-state index in [4.69, 9.17) is 0 Å². The Balaban J connectivity index is 1.52. The van der Waals surface area contributed by atoms with Crippen molar-refractivity contribution in [2.24, 2.45) is 5.41 Å². The third kappa shape index (κ3) is 3.77. The molecular formula is C22H20F2N2O3. The maximum absolute atomic E-state index is 13.6. The third-order valence-electron chi connectivity index (χ3n) is 5.70. The van der Waals surface area contributed by atoms with Crippen molar-refractivity contribution in [3.63, 3.8) is 0 Å². The first-order valence-corrected chi connectivity index (χ1v) is 9.52. The molecule has 2 aromatic rings. The summed E-state index contributed by atoms with van der Waals surface area (Å²) in [6.07, 6.45) is 1.03. The van der Waals surface area contributed by atoms with Crippen LogP contribution in [0.1, 0.15) is 36.0 Å². The van der Waals surface area contributed by atoms with Crippen molar-refractivity contribution in [3.05, 3.63) is 65.7 Å². The van der Waals surface area contributed by atoms with E-state index in [1.807, 2.05) is 0 Å². The van der Waals surface area contributed by atoms with Crippen LogP contribution in [-0.4, -0.2) is 30.2 Å². The molecule has 1 aliphatic carbocycles. The Morgan fingerprint density at radius 1 is 1.07 bits per heavy atom. The summed E-state index contributed by atoms with van der Waals surface area (Å²) in [5, 5.41) is 2.77. The highest BCUT2D eigenvalue weighted by molar-refractivity contribution is 6.03. The lowest BCUT2D eigenvalue weighted by molar-refractivity contribution is -0.135. The Morgan fingerprint density at radius 3 is 2.52 bits per heavy atom. The summed E-state index contributed by atoms with van der Waals surface area (Å²) in [4.78, 5) is 39.5. The zero-order valence-corrected chi connectivity index (χ0v) is 15.7. The molecule has 0 bridgehead atoms. The van der Waals surface area contributed by atoms with Crippen molar-refractivity contribution in [1.82, 2.24) is 5.32 Å². The number of hydrogen-bond acceptors (Lipinski definition) is 3. The maximum atomic E-state index is 13.6. The number of rotatable bonds is 3. The summed E-state index contributed by atoms with van der Waals surface area (Å²) >= 11 is 0. The molecule has 0 aromatic heterocycles. The van der Waals surface area contributed by atoms with Crippen LogP contribution in [0.5, 0.6) is 0 Å². The number of amides is 2. The molecule has 2 atom stereocenters. The van der Waals surface area contributed by atoms with Gasteiger partial charge in [0.2, 0.25) is 5.91 Å². The fourth-order valence-electron chi connectivity index (χ4n) is 4.41. The van der Waals surface area contributed by atoms with Gasteiger partial charge < -0.3 is 10.2 Å². The Hall–Kier alpha value is -3.09. The van der Waals surface area contributed by atoms with E-state index in [9.17, 15) is 23.2 Å². The fourth-order valence-corrected chi connectivity index (χ4v) is 4.41. The number of nitrogens with one attached hydrogen (secondary N) is 1. The second kappa shape index (κ2) is 7.39. The molecule has 1 saturated heterocycles. The summed E-state index contributed by atoms with van der Waals surface area (Å²) < 4.78 is 27.0. The van der Waals surface area contributed by atoms with Gasteiger partial charge in [0, 0.05) is 36.7 Å². The number of Topliss-reactive ketones (excluding diaryl/α,β-unsaturated/α-hetero) is 1. The molecule has 1 aliphatic heterocycles. The molecule has 2 aromatic carbocycles. The van der Waals surface area contributed by atoms with Gasteiger partial charge in [-0.1, -0.05) is 12.1 Å². The first-order chi connectivity index (χ1) is 13.9. The van der Waals surface area contributed by atoms with Crippen LogP contribution in [0.2, 0.25) is 0 Å². The number of nitrogens with zero attached hydrogens (tertiary/aromatic N) is 1. The standard InChI is InChI=1S/C22H20F2N2O3/c23-15-4-1-3-14(9-15)20(28)25-17-11-19(27)13-22(12-17)7-8-26(21(22)29)18-6-2-5-16(24)10-18/h1-6,9-10,17H,7-8,11-13H2,(H,25,28)/t17-,22?/m1/s1. The maximum Gasteiger partial charge on any atom is 0.251 e. The summed E-state index contributed by atoms with van der Waals surface area (Å²) in [5.41, 5.74) is -0.275. The van der Waals surface area contributed by atoms with Crippen molar-refractivity contribution in [2.75, 3.05) is 11.4 Å². The lowest BCUT2D eigenvalue weighted by Gasteiger charge is -2.36. The molecule has 7 heteroatoms. The van der Waals surface area contributed by atoms with Crippen molar-refractivity contribution >= 4 is 23.3 Å². The normalized spacial score (nSPS) is 24.2. The minimum Gasteiger partial charge on any atom is -0.349 e. The highest BCUT2D eigenvalue weighted by atomic mass is 19.1. The monoisotopic (exact) mass is 398 g/mol. The minimum atomic E-state index is -0.901. The van der Waals surface area contributed by atoms with Gasteiger partial charge >= 0.3 is 0 Å². The second-order valence-electron chi connectivity index (χ2n) is 7.77. The third-order valence-corrected chi connectivity index (χ3v) is 5.70. The quantitative estimate of drug-likeness (QED) is 0.863. The van der Waals surface area contributed by atoms with Gasteiger partial charge in [0.15, 0.2) is 0 Å². The number of halogens is 2. The Kier molecular flexibility index (Phi) is 4.90. The molecule has 2 fully saturated rings. The molecule has 1 N–H and O–H groups in total. The predicted octanol–water partition coefficient (Wildman–Crippen LogP) is 3.24. The first kappa shape index (κ1) is 19.2. The van der Waals surface area contributed by atoms with Gasteiger partial charge in [-0.25, -0.2) is 8.78 Å². The second-order valence-corrected chi connectivity index (χ2v) is 7.77. The largest absolute Gasteiger partial charge is 0.349 e. The first-order valence-electron chi connectivity index (χ1n) is 9.52. The summed E-state index contributed by atoms with van der Waals surface area (Å²) in [6, 6.07) is 10.6. The van der Waals surface area contributed by atoms with Crippen LogP contribution < -0.4 is 10.2 Å². The van der Waals surface area contributed by atoms with Gasteiger partial charge in [-0.3, -0.25) is 14.4 Å². The molecule has 2 amide bonds. The average molecular weight is 398 g/mol. The summed E-state index contributed by atoms with van der Waals surface area (Å²) in [7, 11) is 0. The molecule has 1 unspecified atom stereocenters. The molecule has 1 saturated carbocycles. The zero-order chi connectivity index (χ0) is 20.6. The molecule has 29 heavy (non-hydrogen) atoms. The van der Waals surface area contributed by atoms with E-state index in [2.05, 4.69) is 5.32 Å². The van der Waals surface area contributed by atoms with Gasteiger partial charge in [-0.05, 0) is 49.2 Å². The van der Waals surface area contributed by atoms with Crippen molar-refractivity contribution in [3.8, 4) is 0 Å². The highest BCUT2D eigenvalue weighted by Gasteiger charge is 2.52. The minimum absolute atomic E-state index is 0.102.